The molecular weight excluding hydrogens is 460 g/mol. The first kappa shape index (κ1) is 26.9. The van der Waals surface area contributed by atoms with Gasteiger partial charge in [-0.3, -0.25) is 4.79 Å². The van der Waals surface area contributed by atoms with E-state index in [0.29, 0.717) is 12.3 Å². The Labute approximate surface area is 213 Å². The van der Waals surface area contributed by atoms with Gasteiger partial charge in [0.2, 0.25) is 10.0 Å². The first-order valence-corrected chi connectivity index (χ1v) is 15.8. The zero-order chi connectivity index (χ0) is 25.4. The van der Waals surface area contributed by atoms with Gasteiger partial charge in [0, 0.05) is 17.5 Å². The van der Waals surface area contributed by atoms with Gasteiger partial charge in [-0.15, -0.1) is 0 Å². The largest absolute Gasteiger partial charge is 0.461 e. The first-order valence-electron chi connectivity index (χ1n) is 14.1. The van der Waals surface area contributed by atoms with Crippen LogP contribution >= 0.6 is 0 Å². The summed E-state index contributed by atoms with van der Waals surface area (Å²) in [5, 5.41) is 9.53. The molecule has 35 heavy (non-hydrogen) atoms. The molecule has 4 aliphatic rings. The Morgan fingerprint density at radius 3 is 2.00 bits per heavy atom. The predicted octanol–water partition coefficient (Wildman–Crippen LogP) is 5.82. The number of esters is 1. The second-order valence-electron chi connectivity index (χ2n) is 12.8. The Morgan fingerprint density at radius 1 is 1.00 bits per heavy atom. The summed E-state index contributed by atoms with van der Waals surface area (Å²) in [7, 11) is -3.55. The van der Waals surface area contributed by atoms with Gasteiger partial charge in [0.05, 0.1) is 11.8 Å². The summed E-state index contributed by atoms with van der Waals surface area (Å²) < 4.78 is 36.9. The highest BCUT2D eigenvalue weighted by molar-refractivity contribution is 7.89. The normalized spacial score (nSPS) is 32.6. The minimum atomic E-state index is -3.55. The van der Waals surface area contributed by atoms with Crippen molar-refractivity contribution in [3.63, 3.8) is 0 Å². The molecule has 4 atom stereocenters. The molecule has 0 aromatic carbocycles. The van der Waals surface area contributed by atoms with E-state index in [1.54, 1.807) is 0 Å². The summed E-state index contributed by atoms with van der Waals surface area (Å²) in [6, 6.07) is 2.33. The van der Waals surface area contributed by atoms with Crippen molar-refractivity contribution in [1.29, 1.82) is 5.26 Å². The average molecular weight is 507 g/mol. The Kier molecular flexibility index (Phi) is 7.94. The number of fused-ring (bicyclic) bond motifs is 2. The van der Waals surface area contributed by atoms with Crippen LogP contribution in [-0.2, 0) is 19.6 Å². The molecule has 0 amide bonds. The van der Waals surface area contributed by atoms with Gasteiger partial charge in [-0.2, -0.15) is 9.57 Å². The number of carbonyl (C=O) groups is 1. The zero-order valence-electron chi connectivity index (χ0n) is 22.3. The number of hydrogen-bond acceptors (Lipinski definition) is 5. The molecule has 4 aliphatic carbocycles. The fraction of sp³-hybridized carbons (Fsp3) is 0.929. The molecule has 6 nitrogen and oxygen atoms in total. The van der Waals surface area contributed by atoms with Gasteiger partial charge >= 0.3 is 5.97 Å². The number of rotatable bonds is 8. The van der Waals surface area contributed by atoms with Gasteiger partial charge in [-0.1, -0.05) is 66.2 Å². The molecule has 0 saturated heterocycles. The molecule has 4 saturated carbocycles. The first-order chi connectivity index (χ1) is 16.5. The highest BCUT2D eigenvalue weighted by atomic mass is 32.2. The number of nitriles is 1. The third kappa shape index (κ3) is 4.91. The number of sulfonamides is 1. The lowest BCUT2D eigenvalue weighted by Crippen LogP contribution is -2.54. The maximum absolute atomic E-state index is 14.4. The summed E-state index contributed by atoms with van der Waals surface area (Å²) in [6.45, 7) is 8.08. The molecular formula is C28H46N2O4S. The van der Waals surface area contributed by atoms with Crippen molar-refractivity contribution in [3.8, 4) is 6.07 Å². The molecule has 0 heterocycles. The molecule has 4 fully saturated rings. The van der Waals surface area contributed by atoms with Crippen LogP contribution in [-0.4, -0.2) is 42.6 Å². The van der Waals surface area contributed by atoms with Crippen LogP contribution in [0, 0.1) is 39.9 Å². The van der Waals surface area contributed by atoms with Crippen molar-refractivity contribution in [3.05, 3.63) is 0 Å². The van der Waals surface area contributed by atoms with E-state index >= 15 is 0 Å². The fourth-order valence-corrected chi connectivity index (χ4v) is 10.8. The van der Waals surface area contributed by atoms with Gasteiger partial charge in [-0.05, 0) is 62.2 Å². The molecule has 0 radical (unpaired) electrons. The molecule has 0 aromatic rings. The second-order valence-corrected chi connectivity index (χ2v) is 14.7. The molecule has 0 N–H and O–H groups in total. The summed E-state index contributed by atoms with van der Waals surface area (Å²) in [5.74, 6) is -1.02. The maximum atomic E-state index is 14.4. The van der Waals surface area contributed by atoms with Gasteiger partial charge < -0.3 is 4.74 Å². The molecule has 0 aliphatic heterocycles. The zero-order valence-corrected chi connectivity index (χ0v) is 23.1. The van der Waals surface area contributed by atoms with Gasteiger partial charge in [0.1, 0.15) is 12.0 Å². The summed E-state index contributed by atoms with van der Waals surface area (Å²) >= 11 is 0. The van der Waals surface area contributed by atoms with Crippen LogP contribution in [0.1, 0.15) is 111 Å². The molecule has 0 spiro atoms. The fourth-order valence-electron chi connectivity index (χ4n) is 8.02. The summed E-state index contributed by atoms with van der Waals surface area (Å²) in [5.41, 5.74) is -0.819. The molecule has 198 valence electrons. The standard InChI is InChI=1S/C28H46N2O4S/c1-20(2)24(18-29)26(31)34-25-17-21-15-16-28(25,27(21,3)4)19-35(32,33)30(22-11-7-5-8-12-22)23-13-9-6-10-14-23/h20-25H,5-17,19H2,1-4H3/t21-,24+,25-,28-/m1/s1. The van der Waals surface area contributed by atoms with Crippen molar-refractivity contribution in [2.24, 2.45) is 28.6 Å². The summed E-state index contributed by atoms with van der Waals surface area (Å²) in [4.78, 5) is 13.0. The van der Waals surface area contributed by atoms with Crippen LogP contribution in [0.3, 0.4) is 0 Å². The van der Waals surface area contributed by atoms with Crippen LogP contribution in [0.5, 0.6) is 0 Å². The van der Waals surface area contributed by atoms with Crippen molar-refractivity contribution >= 4 is 16.0 Å². The smallest absolute Gasteiger partial charge is 0.323 e. The Bertz CT molecular complexity index is 894. The van der Waals surface area contributed by atoms with Crippen molar-refractivity contribution in [2.75, 3.05) is 5.75 Å². The third-order valence-electron chi connectivity index (χ3n) is 10.3. The van der Waals surface area contributed by atoms with E-state index in [4.69, 9.17) is 4.74 Å². The van der Waals surface area contributed by atoms with Gasteiger partial charge in [0.25, 0.3) is 0 Å². The molecule has 7 heteroatoms. The van der Waals surface area contributed by atoms with Crippen LogP contribution in [0.25, 0.3) is 0 Å². The Hall–Kier alpha value is -1.13. The van der Waals surface area contributed by atoms with Crippen LogP contribution in [0.2, 0.25) is 0 Å². The Morgan fingerprint density at radius 2 is 1.54 bits per heavy atom. The minimum Gasteiger partial charge on any atom is -0.461 e. The van der Waals surface area contributed by atoms with E-state index in [1.807, 2.05) is 18.2 Å². The van der Waals surface area contributed by atoms with E-state index in [-0.39, 0.29) is 29.2 Å². The second kappa shape index (κ2) is 10.3. The van der Waals surface area contributed by atoms with Crippen LogP contribution in [0.15, 0.2) is 0 Å². The average Bonchev–Trinajstić information content (AvgIpc) is 3.15. The number of carbonyl (C=O) groups excluding carboxylic acids is 1. The SMILES string of the molecule is CC(C)[C@H](C#N)C(=O)O[C@@H]1C[C@H]2CC[C@]1(CS(=O)(=O)N(C1CCCCC1)C1CCCCC1)C2(C)C. The van der Waals surface area contributed by atoms with Crippen molar-refractivity contribution in [2.45, 2.75) is 129 Å². The van der Waals surface area contributed by atoms with E-state index < -0.39 is 33.4 Å². The van der Waals surface area contributed by atoms with Gasteiger partial charge in [0.15, 0.2) is 0 Å². The molecule has 2 bridgehead atoms. The minimum absolute atomic E-state index is 0.0628. The quantitative estimate of drug-likeness (QED) is 0.387. The van der Waals surface area contributed by atoms with Crippen LogP contribution < -0.4 is 0 Å². The lowest BCUT2D eigenvalue weighted by atomic mass is 9.69. The third-order valence-corrected chi connectivity index (χ3v) is 12.4. The lowest BCUT2D eigenvalue weighted by molar-refractivity contribution is -0.161. The molecule has 0 aromatic heterocycles. The van der Waals surface area contributed by atoms with E-state index in [9.17, 15) is 18.5 Å². The highest BCUT2D eigenvalue weighted by Gasteiger charge is 2.67. The number of nitrogens with zero attached hydrogens (tertiary/aromatic N) is 2. The van der Waals surface area contributed by atoms with Crippen molar-refractivity contribution < 1.29 is 17.9 Å². The Balaban J connectivity index is 1.64. The van der Waals surface area contributed by atoms with E-state index in [1.165, 1.54) is 12.8 Å². The summed E-state index contributed by atoms with van der Waals surface area (Å²) in [6.07, 6.45) is 12.7. The van der Waals surface area contributed by atoms with Crippen LogP contribution in [0.4, 0.5) is 0 Å². The number of hydrogen-bond donors (Lipinski definition) is 0. The van der Waals surface area contributed by atoms with E-state index in [0.717, 1.165) is 64.2 Å². The van der Waals surface area contributed by atoms with E-state index in [2.05, 4.69) is 19.9 Å². The monoisotopic (exact) mass is 506 g/mol. The lowest BCUT2D eigenvalue weighted by Gasteiger charge is -2.46. The topological polar surface area (TPSA) is 87.5 Å². The molecule has 4 rings (SSSR count). The number of ether oxygens (including phenoxy) is 1. The molecule has 0 unspecified atom stereocenters. The predicted molar refractivity (Wildman–Crippen MR) is 137 cm³/mol. The van der Waals surface area contributed by atoms with Gasteiger partial charge in [-0.25, -0.2) is 8.42 Å². The highest BCUT2D eigenvalue weighted by Crippen LogP contribution is 2.67. The van der Waals surface area contributed by atoms with Crippen molar-refractivity contribution in [1.82, 2.24) is 4.31 Å². The maximum Gasteiger partial charge on any atom is 0.323 e.